The minimum atomic E-state index is -0.136. The lowest BCUT2D eigenvalue weighted by Gasteiger charge is -2.13. The summed E-state index contributed by atoms with van der Waals surface area (Å²) in [5, 5.41) is 11.7. The van der Waals surface area contributed by atoms with Crippen LogP contribution in [0.3, 0.4) is 0 Å². The van der Waals surface area contributed by atoms with Gasteiger partial charge in [0.25, 0.3) is 5.91 Å². The number of benzene rings is 4. The first-order chi connectivity index (χ1) is 20.0. The molecule has 4 aromatic carbocycles. The van der Waals surface area contributed by atoms with Crippen LogP contribution < -0.4 is 10.6 Å². The van der Waals surface area contributed by atoms with E-state index in [0.29, 0.717) is 29.2 Å². The summed E-state index contributed by atoms with van der Waals surface area (Å²) in [5.74, 6) is 0.628. The summed E-state index contributed by atoms with van der Waals surface area (Å²) in [6, 6.07) is 35.3. The average Bonchev–Trinajstić information content (AvgIpc) is 3.37. The van der Waals surface area contributed by atoms with Crippen LogP contribution in [-0.4, -0.2) is 20.5 Å². The molecule has 6 aromatic rings. The van der Waals surface area contributed by atoms with E-state index < -0.39 is 0 Å². The Labute approximate surface area is 251 Å². The highest BCUT2D eigenvalue weighted by molar-refractivity contribution is 9.10. The summed E-state index contributed by atoms with van der Waals surface area (Å²) < 4.78 is 2.53. The molecule has 0 aliphatic rings. The van der Waals surface area contributed by atoms with E-state index in [-0.39, 0.29) is 5.91 Å². The molecule has 41 heavy (non-hydrogen) atoms. The molecular weight excluding hydrogens is 598 g/mol. The monoisotopic (exact) mass is 621 g/mol. The van der Waals surface area contributed by atoms with Gasteiger partial charge in [-0.15, -0.1) is 0 Å². The lowest BCUT2D eigenvalue weighted by molar-refractivity contribution is 0.102. The highest BCUT2D eigenvalue weighted by atomic mass is 79.9. The van der Waals surface area contributed by atoms with Gasteiger partial charge < -0.3 is 10.6 Å². The molecule has 2 N–H and O–H groups in total. The number of anilines is 2. The second kappa shape index (κ2) is 12.0. The maximum atomic E-state index is 13.3. The van der Waals surface area contributed by atoms with Crippen LogP contribution in [0, 0.1) is 0 Å². The number of fused-ring (bicyclic) bond motifs is 1. The molecule has 6 nitrogen and oxygen atoms in total. The Kier molecular flexibility index (Phi) is 7.80. The van der Waals surface area contributed by atoms with Crippen molar-refractivity contribution in [3.63, 3.8) is 0 Å². The highest BCUT2D eigenvalue weighted by Gasteiger charge is 2.14. The van der Waals surface area contributed by atoms with Crippen LogP contribution in [-0.2, 0) is 13.0 Å². The Bertz CT molecular complexity index is 1850. The van der Waals surface area contributed by atoms with Crippen LogP contribution >= 0.6 is 27.5 Å². The fourth-order valence-corrected chi connectivity index (χ4v) is 5.31. The molecule has 1 amide bonds. The maximum absolute atomic E-state index is 13.3. The third-order valence-electron chi connectivity index (χ3n) is 6.74. The van der Waals surface area contributed by atoms with Gasteiger partial charge in [-0.05, 0) is 63.3 Å². The molecule has 0 radical (unpaired) electrons. The van der Waals surface area contributed by atoms with Gasteiger partial charge >= 0.3 is 0 Å². The second-order valence-corrected chi connectivity index (χ2v) is 10.8. The van der Waals surface area contributed by atoms with Crippen molar-refractivity contribution < 1.29 is 4.79 Å². The van der Waals surface area contributed by atoms with E-state index in [2.05, 4.69) is 43.8 Å². The number of aromatic nitrogens is 3. The van der Waals surface area contributed by atoms with Gasteiger partial charge in [0, 0.05) is 34.4 Å². The van der Waals surface area contributed by atoms with Crippen molar-refractivity contribution in [3.05, 3.63) is 147 Å². The molecule has 0 saturated heterocycles. The zero-order valence-corrected chi connectivity index (χ0v) is 24.2. The Morgan fingerprint density at radius 1 is 0.854 bits per heavy atom. The Hall–Kier alpha value is -4.46. The normalized spacial score (nSPS) is 11.0. The van der Waals surface area contributed by atoms with Crippen LogP contribution in [0.25, 0.3) is 16.9 Å². The van der Waals surface area contributed by atoms with Crippen LogP contribution in [0.4, 0.5) is 11.5 Å². The summed E-state index contributed by atoms with van der Waals surface area (Å²) in [6.07, 6.45) is 2.41. The van der Waals surface area contributed by atoms with E-state index in [1.807, 2.05) is 97.1 Å². The van der Waals surface area contributed by atoms with Gasteiger partial charge in [-0.1, -0.05) is 90.5 Å². The van der Waals surface area contributed by atoms with Crippen molar-refractivity contribution in [2.24, 2.45) is 0 Å². The van der Waals surface area contributed by atoms with Crippen molar-refractivity contribution in [2.45, 2.75) is 13.0 Å². The largest absolute Gasteiger partial charge is 0.366 e. The number of carbonyl (C=O) groups excluding carboxylic acids is 1. The van der Waals surface area contributed by atoms with Gasteiger partial charge in [0.15, 0.2) is 5.65 Å². The molecule has 0 atom stereocenters. The smallest absolute Gasteiger partial charge is 0.255 e. The summed E-state index contributed by atoms with van der Waals surface area (Å²) in [7, 11) is 0. The molecule has 6 rings (SSSR count). The Balaban J connectivity index is 1.21. The Morgan fingerprint density at radius 3 is 2.46 bits per heavy atom. The summed E-state index contributed by atoms with van der Waals surface area (Å²) in [6.45, 7) is 0.507. The van der Waals surface area contributed by atoms with Crippen molar-refractivity contribution in [3.8, 4) is 11.3 Å². The van der Waals surface area contributed by atoms with Gasteiger partial charge in [-0.25, -0.2) is 4.98 Å². The zero-order valence-electron chi connectivity index (χ0n) is 21.9. The summed E-state index contributed by atoms with van der Waals surface area (Å²) >= 11 is 10.0. The third-order valence-corrected chi connectivity index (χ3v) is 7.63. The molecule has 202 valence electrons. The van der Waals surface area contributed by atoms with Crippen molar-refractivity contribution in [2.75, 3.05) is 10.6 Å². The fourth-order valence-electron chi connectivity index (χ4n) is 4.73. The summed E-state index contributed by atoms with van der Waals surface area (Å²) in [5.41, 5.74) is 6.78. The molecule has 0 unspecified atom stereocenters. The minimum Gasteiger partial charge on any atom is -0.366 e. The molecule has 2 heterocycles. The van der Waals surface area contributed by atoms with Gasteiger partial charge in [-0.3, -0.25) is 4.79 Å². The van der Waals surface area contributed by atoms with Crippen LogP contribution in [0.1, 0.15) is 27.0 Å². The first kappa shape index (κ1) is 26.7. The highest BCUT2D eigenvalue weighted by Crippen LogP contribution is 2.30. The molecule has 0 bridgehead atoms. The number of hydrogen-bond acceptors (Lipinski definition) is 4. The van der Waals surface area contributed by atoms with Crippen molar-refractivity contribution in [1.82, 2.24) is 14.6 Å². The molecule has 2 aromatic heterocycles. The number of nitrogens with one attached hydrogen (secondary N) is 2. The SMILES string of the molecule is O=C(Nc1cccc(CNc2cc(-c3ccccc3Cl)nc3c(Br)cnn23)c1)c1ccccc1Cc1ccccc1. The fraction of sp³-hybridized carbons (Fsp3) is 0.0606. The van der Waals surface area contributed by atoms with Crippen molar-refractivity contribution >= 4 is 50.6 Å². The van der Waals surface area contributed by atoms with Crippen molar-refractivity contribution in [1.29, 1.82) is 0 Å². The first-order valence-electron chi connectivity index (χ1n) is 13.1. The molecule has 0 aliphatic carbocycles. The molecule has 0 aliphatic heterocycles. The van der Waals surface area contributed by atoms with E-state index in [0.717, 1.165) is 43.9 Å². The van der Waals surface area contributed by atoms with Gasteiger partial charge in [-0.2, -0.15) is 9.61 Å². The minimum absolute atomic E-state index is 0.136. The van der Waals surface area contributed by atoms with Crippen LogP contribution in [0.2, 0.25) is 5.02 Å². The predicted molar refractivity (Wildman–Crippen MR) is 169 cm³/mol. The van der Waals surface area contributed by atoms with Gasteiger partial charge in [0.05, 0.1) is 16.4 Å². The van der Waals surface area contributed by atoms with Crippen LogP contribution in [0.5, 0.6) is 0 Å². The third kappa shape index (κ3) is 6.01. The lowest BCUT2D eigenvalue weighted by Crippen LogP contribution is -2.15. The van der Waals surface area contributed by atoms with E-state index in [9.17, 15) is 4.79 Å². The number of carbonyl (C=O) groups is 1. The second-order valence-electron chi connectivity index (χ2n) is 9.56. The van der Waals surface area contributed by atoms with E-state index >= 15 is 0 Å². The molecular formula is C33H25BrClN5O. The maximum Gasteiger partial charge on any atom is 0.255 e. The van der Waals surface area contributed by atoms with Crippen LogP contribution in [0.15, 0.2) is 120 Å². The molecule has 0 spiro atoms. The molecule has 0 saturated carbocycles. The number of rotatable bonds is 8. The van der Waals surface area contributed by atoms with Gasteiger partial charge in [0.1, 0.15) is 5.82 Å². The standard InChI is InChI=1S/C33H25BrClN5O/c34-28-21-37-40-31(19-30(39-32(28)40)27-15-6-7-16-29(27)35)36-20-23-11-8-13-25(18-23)38-33(41)26-14-5-4-12-24(26)17-22-9-2-1-3-10-22/h1-16,18-19,21,36H,17,20H2,(H,38,41). The number of nitrogens with zero attached hydrogens (tertiary/aromatic N) is 3. The number of amides is 1. The number of halogens is 2. The van der Waals surface area contributed by atoms with E-state index in [4.69, 9.17) is 16.6 Å². The zero-order chi connectivity index (χ0) is 28.2. The average molecular weight is 623 g/mol. The lowest BCUT2D eigenvalue weighted by atomic mass is 9.99. The Morgan fingerprint density at radius 2 is 1.61 bits per heavy atom. The quantitative estimate of drug-likeness (QED) is 0.179. The van der Waals surface area contributed by atoms with E-state index in [1.54, 1.807) is 10.7 Å². The predicted octanol–water partition coefficient (Wildman–Crippen LogP) is 8.27. The molecule has 8 heteroatoms. The molecule has 0 fully saturated rings. The van der Waals surface area contributed by atoms with E-state index in [1.165, 1.54) is 0 Å². The topological polar surface area (TPSA) is 71.3 Å². The number of hydrogen-bond donors (Lipinski definition) is 2. The first-order valence-corrected chi connectivity index (χ1v) is 14.3. The van der Waals surface area contributed by atoms with Gasteiger partial charge in [0.2, 0.25) is 0 Å². The summed E-state index contributed by atoms with van der Waals surface area (Å²) in [4.78, 5) is 18.1.